The molecule has 6 atom stereocenters. The molecule has 1 nitrogen and oxygen atoms in total. The minimum atomic E-state index is 0.178. The van der Waals surface area contributed by atoms with Gasteiger partial charge in [-0.15, -0.1) is 0 Å². The summed E-state index contributed by atoms with van der Waals surface area (Å²) in [6.07, 6.45) is 16.1. The van der Waals surface area contributed by atoms with E-state index in [4.69, 9.17) is 0 Å². The van der Waals surface area contributed by atoms with E-state index in [9.17, 15) is 5.11 Å². The lowest BCUT2D eigenvalue weighted by molar-refractivity contribution is -0.154. The number of aliphatic hydroxyl groups is 1. The number of fused-ring (bicyclic) bond motifs is 3. The van der Waals surface area contributed by atoms with Crippen molar-refractivity contribution in [3.05, 3.63) is 12.2 Å². The van der Waals surface area contributed by atoms with E-state index in [2.05, 4.69) is 32.9 Å². The van der Waals surface area contributed by atoms with Crippen LogP contribution in [-0.2, 0) is 0 Å². The third kappa shape index (κ3) is 1.73. The average Bonchev–Trinajstić information content (AvgIpc) is 2.69. The molecule has 1 heteroatoms. The molecule has 3 saturated carbocycles. The zero-order valence-corrected chi connectivity index (χ0v) is 14.1. The Morgan fingerprint density at radius 1 is 0.952 bits per heavy atom. The molecule has 0 aliphatic heterocycles. The lowest BCUT2D eigenvalue weighted by Crippen LogP contribution is -2.57. The molecule has 4 rings (SSSR count). The van der Waals surface area contributed by atoms with Gasteiger partial charge < -0.3 is 5.11 Å². The summed E-state index contributed by atoms with van der Waals surface area (Å²) in [6.45, 7) is 7.82. The topological polar surface area (TPSA) is 20.2 Å². The molecule has 4 aliphatic rings. The molecule has 1 N–H and O–H groups in total. The van der Waals surface area contributed by atoms with E-state index in [1.165, 1.54) is 51.4 Å². The van der Waals surface area contributed by atoms with Gasteiger partial charge in [0.05, 0.1) is 0 Å². The predicted molar refractivity (Wildman–Crippen MR) is 86.9 cm³/mol. The normalized spacial score (nSPS) is 58.7. The molecule has 0 heterocycles. The Labute approximate surface area is 130 Å². The fourth-order valence-corrected chi connectivity index (χ4v) is 7.46. The van der Waals surface area contributed by atoms with Crippen LogP contribution in [0.25, 0.3) is 0 Å². The highest BCUT2D eigenvalue weighted by Crippen LogP contribution is 2.71. The maximum atomic E-state index is 10.1. The number of hydrogen-bond acceptors (Lipinski definition) is 1. The fourth-order valence-electron chi connectivity index (χ4n) is 7.46. The van der Waals surface area contributed by atoms with E-state index in [1.54, 1.807) is 0 Å². The van der Waals surface area contributed by atoms with Gasteiger partial charge in [-0.25, -0.2) is 0 Å². The van der Waals surface area contributed by atoms with Crippen molar-refractivity contribution in [1.82, 2.24) is 0 Å². The van der Waals surface area contributed by atoms with Gasteiger partial charge in [0.15, 0.2) is 0 Å². The van der Waals surface area contributed by atoms with Crippen molar-refractivity contribution >= 4 is 0 Å². The Balaban J connectivity index is 1.74. The van der Waals surface area contributed by atoms with Crippen molar-refractivity contribution in [2.24, 2.45) is 33.5 Å². The van der Waals surface area contributed by atoms with Crippen LogP contribution in [0.5, 0.6) is 0 Å². The number of hydrogen-bond donors (Lipinski definition) is 1. The van der Waals surface area contributed by atoms with Gasteiger partial charge in [0.1, 0.15) is 0 Å². The monoisotopic (exact) mass is 288 g/mol. The standard InChI is InChI=1S/C20H32O/c1-17-9-5-16-19(3)8-4-7-18(2,14-21)15(19)6-10-20(16,13-17)12-11-17/h11-12,15-16,21H,4-10,13-14H2,1-3H3/t15-,16+,17-,18-,19-,20+/m1/s1. The van der Waals surface area contributed by atoms with Crippen LogP contribution in [0.2, 0.25) is 0 Å². The Kier molecular flexibility index (Phi) is 2.83. The van der Waals surface area contributed by atoms with Crippen molar-refractivity contribution < 1.29 is 5.11 Å². The molecule has 0 aromatic rings. The summed E-state index contributed by atoms with van der Waals surface area (Å²) in [6, 6.07) is 0. The molecule has 0 saturated heterocycles. The summed E-state index contributed by atoms with van der Waals surface area (Å²) in [7, 11) is 0. The van der Waals surface area contributed by atoms with E-state index in [-0.39, 0.29) is 5.41 Å². The van der Waals surface area contributed by atoms with E-state index in [0.717, 1.165) is 11.8 Å². The predicted octanol–water partition coefficient (Wildman–Crippen LogP) is 4.95. The second-order valence-electron chi connectivity index (χ2n) is 9.75. The zero-order chi connectivity index (χ0) is 14.9. The summed E-state index contributed by atoms with van der Waals surface area (Å²) in [5.41, 5.74) is 1.64. The third-order valence-electron chi connectivity index (χ3n) is 8.41. The maximum Gasteiger partial charge on any atom is 0.0487 e. The van der Waals surface area contributed by atoms with Gasteiger partial charge in [0.2, 0.25) is 0 Å². The molecule has 1 spiro atoms. The first-order chi connectivity index (χ1) is 9.86. The second-order valence-corrected chi connectivity index (χ2v) is 9.75. The molecular weight excluding hydrogens is 256 g/mol. The number of aliphatic hydroxyl groups excluding tert-OH is 1. The van der Waals surface area contributed by atoms with E-state index in [1.807, 2.05) is 0 Å². The fraction of sp³-hybridized carbons (Fsp3) is 0.900. The average molecular weight is 288 g/mol. The largest absolute Gasteiger partial charge is 0.396 e. The second kappa shape index (κ2) is 4.16. The van der Waals surface area contributed by atoms with Gasteiger partial charge in [-0.2, -0.15) is 0 Å². The molecule has 4 aliphatic carbocycles. The van der Waals surface area contributed by atoms with Crippen LogP contribution in [0.4, 0.5) is 0 Å². The molecule has 0 radical (unpaired) electrons. The van der Waals surface area contributed by atoms with Gasteiger partial charge >= 0.3 is 0 Å². The van der Waals surface area contributed by atoms with Crippen molar-refractivity contribution in [2.75, 3.05) is 6.61 Å². The maximum absolute atomic E-state index is 10.1. The van der Waals surface area contributed by atoms with Crippen LogP contribution in [-0.4, -0.2) is 11.7 Å². The lowest BCUT2D eigenvalue weighted by atomic mass is 9.40. The first kappa shape index (κ1) is 14.3. The molecule has 3 fully saturated rings. The van der Waals surface area contributed by atoms with Gasteiger partial charge in [-0.1, -0.05) is 39.3 Å². The smallest absolute Gasteiger partial charge is 0.0487 e. The lowest BCUT2D eigenvalue weighted by Gasteiger charge is -2.64. The summed E-state index contributed by atoms with van der Waals surface area (Å²) < 4.78 is 0. The third-order valence-corrected chi connectivity index (χ3v) is 8.41. The number of rotatable bonds is 1. The van der Waals surface area contributed by atoms with Crippen LogP contribution < -0.4 is 0 Å². The van der Waals surface area contributed by atoms with Gasteiger partial charge in [-0.3, -0.25) is 0 Å². The first-order valence-corrected chi connectivity index (χ1v) is 9.17. The Bertz CT molecular complexity index is 482. The Hall–Kier alpha value is -0.300. The molecule has 0 unspecified atom stereocenters. The minimum Gasteiger partial charge on any atom is -0.396 e. The molecule has 0 aromatic heterocycles. The van der Waals surface area contributed by atoms with E-state index < -0.39 is 0 Å². The molecule has 2 bridgehead atoms. The Morgan fingerprint density at radius 2 is 1.71 bits per heavy atom. The van der Waals surface area contributed by atoms with Crippen molar-refractivity contribution in [3.8, 4) is 0 Å². The molecule has 21 heavy (non-hydrogen) atoms. The quantitative estimate of drug-likeness (QED) is 0.677. The van der Waals surface area contributed by atoms with E-state index in [0.29, 0.717) is 22.9 Å². The highest BCUT2D eigenvalue weighted by atomic mass is 16.3. The molecular formula is C20H32O. The molecule has 118 valence electrons. The SMILES string of the molecule is C[C@]12C=C[C@@]3(CC[C@@H]4[C@@](C)(CO)CCC[C@@]4(C)[C@@H]3CC1)C2. The van der Waals surface area contributed by atoms with Crippen LogP contribution >= 0.6 is 0 Å². The Morgan fingerprint density at radius 3 is 2.48 bits per heavy atom. The van der Waals surface area contributed by atoms with Crippen LogP contribution in [0.3, 0.4) is 0 Å². The van der Waals surface area contributed by atoms with Crippen molar-refractivity contribution in [1.29, 1.82) is 0 Å². The minimum absolute atomic E-state index is 0.178. The molecule has 0 amide bonds. The summed E-state index contributed by atoms with van der Waals surface area (Å²) in [5, 5.41) is 10.1. The summed E-state index contributed by atoms with van der Waals surface area (Å²) in [4.78, 5) is 0. The summed E-state index contributed by atoms with van der Waals surface area (Å²) in [5.74, 6) is 1.60. The van der Waals surface area contributed by atoms with Crippen molar-refractivity contribution in [3.63, 3.8) is 0 Å². The zero-order valence-electron chi connectivity index (χ0n) is 14.1. The van der Waals surface area contributed by atoms with Crippen LogP contribution in [0.15, 0.2) is 12.2 Å². The molecule has 0 aromatic carbocycles. The highest BCUT2D eigenvalue weighted by Gasteiger charge is 2.63. The van der Waals surface area contributed by atoms with Crippen molar-refractivity contribution in [2.45, 2.75) is 72.1 Å². The number of allylic oxidation sites excluding steroid dienone is 2. The van der Waals surface area contributed by atoms with Crippen LogP contribution in [0, 0.1) is 33.5 Å². The van der Waals surface area contributed by atoms with Crippen LogP contribution in [0.1, 0.15) is 72.1 Å². The summed E-state index contributed by atoms with van der Waals surface area (Å²) >= 11 is 0. The first-order valence-electron chi connectivity index (χ1n) is 9.17. The van der Waals surface area contributed by atoms with Gasteiger partial charge in [-0.05, 0) is 78.4 Å². The highest BCUT2D eigenvalue weighted by molar-refractivity contribution is 5.25. The van der Waals surface area contributed by atoms with E-state index >= 15 is 0 Å². The van der Waals surface area contributed by atoms with Gasteiger partial charge in [0, 0.05) is 6.61 Å². The van der Waals surface area contributed by atoms with Gasteiger partial charge in [0.25, 0.3) is 0 Å².